The average Bonchev–Trinajstić information content (AvgIpc) is 2.72. The summed E-state index contributed by atoms with van der Waals surface area (Å²) in [6.07, 6.45) is 3.80. The Labute approximate surface area is 173 Å². The fourth-order valence-electron chi connectivity index (χ4n) is 2.96. The zero-order valence-corrected chi connectivity index (χ0v) is 16.3. The second-order valence-corrected chi connectivity index (χ2v) is 6.69. The van der Waals surface area contributed by atoms with Gasteiger partial charge in [-0.25, -0.2) is 4.39 Å². The standard InChI is InChI=1S/C24H21FO5/c1-2-3-19-21(27)14-22(28)23(24(19)29)20(26)13-6-15-4-9-17(10-5-15)30-18-11-7-16(25)8-12-18/h4-14,27-29H,2-3H2,1H3/b13-6+. The van der Waals surface area contributed by atoms with Crippen LogP contribution in [-0.2, 0) is 6.42 Å². The average molecular weight is 408 g/mol. The molecule has 0 unspecified atom stereocenters. The minimum Gasteiger partial charge on any atom is -0.507 e. The van der Waals surface area contributed by atoms with Gasteiger partial charge in [-0.1, -0.05) is 31.6 Å². The summed E-state index contributed by atoms with van der Waals surface area (Å²) < 4.78 is 18.6. The van der Waals surface area contributed by atoms with E-state index in [1.54, 1.807) is 24.3 Å². The lowest BCUT2D eigenvalue weighted by molar-refractivity contribution is 0.104. The summed E-state index contributed by atoms with van der Waals surface area (Å²) in [7, 11) is 0. The molecule has 0 aliphatic rings. The zero-order chi connectivity index (χ0) is 21.7. The molecule has 0 saturated heterocycles. The molecule has 0 radical (unpaired) electrons. The van der Waals surface area contributed by atoms with E-state index in [0.29, 0.717) is 29.9 Å². The van der Waals surface area contributed by atoms with Crippen molar-refractivity contribution in [3.05, 3.63) is 83.2 Å². The van der Waals surface area contributed by atoms with Gasteiger partial charge in [0.1, 0.15) is 40.1 Å². The quantitative estimate of drug-likeness (QED) is 0.351. The van der Waals surface area contributed by atoms with Gasteiger partial charge in [-0.2, -0.15) is 0 Å². The summed E-state index contributed by atoms with van der Waals surface area (Å²) in [4.78, 5) is 12.5. The lowest BCUT2D eigenvalue weighted by Gasteiger charge is -2.11. The van der Waals surface area contributed by atoms with Crippen molar-refractivity contribution in [1.29, 1.82) is 0 Å². The molecule has 0 fully saturated rings. The number of ether oxygens (including phenoxy) is 1. The molecule has 30 heavy (non-hydrogen) atoms. The molecule has 0 heterocycles. The molecule has 3 rings (SSSR count). The van der Waals surface area contributed by atoms with Gasteiger partial charge < -0.3 is 20.1 Å². The molecule has 0 bridgehead atoms. The normalized spacial score (nSPS) is 11.0. The first kappa shape index (κ1) is 20.9. The third-order valence-corrected chi connectivity index (χ3v) is 4.46. The molecule has 0 amide bonds. The monoisotopic (exact) mass is 408 g/mol. The first-order valence-corrected chi connectivity index (χ1v) is 9.41. The Morgan fingerprint density at radius 2 is 1.57 bits per heavy atom. The summed E-state index contributed by atoms with van der Waals surface area (Å²) in [6.45, 7) is 1.87. The molecular weight excluding hydrogens is 387 g/mol. The number of carbonyl (C=O) groups is 1. The molecule has 0 aliphatic heterocycles. The summed E-state index contributed by atoms with van der Waals surface area (Å²) in [5, 5.41) is 30.2. The molecule has 5 nitrogen and oxygen atoms in total. The molecular formula is C24H21FO5. The van der Waals surface area contributed by atoms with Crippen LogP contribution >= 0.6 is 0 Å². The second kappa shape index (κ2) is 9.13. The lowest BCUT2D eigenvalue weighted by Crippen LogP contribution is -1.99. The number of aromatic hydroxyl groups is 3. The summed E-state index contributed by atoms with van der Waals surface area (Å²) >= 11 is 0. The van der Waals surface area contributed by atoms with E-state index < -0.39 is 17.3 Å². The molecule has 0 spiro atoms. The van der Waals surface area contributed by atoms with Crippen LogP contribution < -0.4 is 4.74 Å². The van der Waals surface area contributed by atoms with Crippen molar-refractivity contribution in [2.24, 2.45) is 0 Å². The van der Waals surface area contributed by atoms with Gasteiger partial charge in [0.15, 0.2) is 5.78 Å². The fourth-order valence-corrected chi connectivity index (χ4v) is 2.96. The van der Waals surface area contributed by atoms with Crippen LogP contribution in [-0.4, -0.2) is 21.1 Å². The number of hydrogen-bond donors (Lipinski definition) is 3. The minimum absolute atomic E-state index is 0.231. The molecule has 3 aromatic carbocycles. The van der Waals surface area contributed by atoms with Gasteiger partial charge in [0.05, 0.1) is 0 Å². The first-order chi connectivity index (χ1) is 14.4. The summed E-state index contributed by atoms with van der Waals surface area (Å²) in [6, 6.07) is 13.5. The highest BCUT2D eigenvalue weighted by Crippen LogP contribution is 2.38. The minimum atomic E-state index is -0.589. The summed E-state index contributed by atoms with van der Waals surface area (Å²) in [5.41, 5.74) is 0.680. The Balaban J connectivity index is 1.75. The maximum Gasteiger partial charge on any atom is 0.193 e. The van der Waals surface area contributed by atoms with Gasteiger partial charge in [0, 0.05) is 11.6 Å². The predicted octanol–water partition coefficient (Wildman–Crippen LogP) is 5.58. The molecule has 0 atom stereocenters. The molecule has 3 N–H and O–H groups in total. The molecule has 6 heteroatoms. The Kier molecular flexibility index (Phi) is 6.37. The number of rotatable bonds is 7. The van der Waals surface area contributed by atoms with Crippen molar-refractivity contribution in [2.45, 2.75) is 19.8 Å². The highest BCUT2D eigenvalue weighted by atomic mass is 19.1. The van der Waals surface area contributed by atoms with E-state index >= 15 is 0 Å². The lowest BCUT2D eigenvalue weighted by atomic mass is 9.99. The van der Waals surface area contributed by atoms with Gasteiger partial charge in [0.2, 0.25) is 0 Å². The molecule has 154 valence electrons. The van der Waals surface area contributed by atoms with Gasteiger partial charge in [-0.3, -0.25) is 4.79 Å². The Hall–Kier alpha value is -3.80. The van der Waals surface area contributed by atoms with E-state index in [4.69, 9.17) is 4.74 Å². The zero-order valence-electron chi connectivity index (χ0n) is 16.3. The van der Waals surface area contributed by atoms with Crippen molar-refractivity contribution in [3.63, 3.8) is 0 Å². The van der Waals surface area contributed by atoms with E-state index in [2.05, 4.69) is 0 Å². The van der Waals surface area contributed by atoms with Gasteiger partial charge in [0.25, 0.3) is 0 Å². The third kappa shape index (κ3) is 4.78. The molecule has 0 aromatic heterocycles. The van der Waals surface area contributed by atoms with Crippen molar-refractivity contribution < 1.29 is 29.2 Å². The summed E-state index contributed by atoms with van der Waals surface area (Å²) in [5.74, 6) is -1.04. The van der Waals surface area contributed by atoms with Crippen LogP contribution in [0.15, 0.2) is 60.7 Å². The number of benzene rings is 3. The van der Waals surface area contributed by atoms with Crippen LogP contribution in [0, 0.1) is 5.82 Å². The van der Waals surface area contributed by atoms with Crippen LogP contribution in [0.2, 0.25) is 0 Å². The smallest absolute Gasteiger partial charge is 0.193 e. The predicted molar refractivity (Wildman–Crippen MR) is 112 cm³/mol. The van der Waals surface area contributed by atoms with Crippen molar-refractivity contribution >= 4 is 11.9 Å². The molecule has 3 aromatic rings. The SMILES string of the molecule is CCCc1c(O)cc(O)c(C(=O)/C=C/c2ccc(Oc3ccc(F)cc3)cc2)c1O. The van der Waals surface area contributed by atoms with Gasteiger partial charge in [-0.05, 0) is 54.5 Å². The first-order valence-electron chi connectivity index (χ1n) is 9.41. The number of hydrogen-bond acceptors (Lipinski definition) is 5. The van der Waals surface area contributed by atoms with E-state index in [0.717, 1.165) is 6.07 Å². The Morgan fingerprint density at radius 1 is 0.967 bits per heavy atom. The number of carbonyl (C=O) groups excluding carboxylic acids is 1. The van der Waals surface area contributed by atoms with E-state index in [-0.39, 0.29) is 22.7 Å². The number of phenols is 3. The highest BCUT2D eigenvalue weighted by Gasteiger charge is 2.20. The van der Waals surface area contributed by atoms with Crippen molar-refractivity contribution in [1.82, 2.24) is 0 Å². The number of halogens is 1. The van der Waals surface area contributed by atoms with Crippen LogP contribution in [0.25, 0.3) is 6.08 Å². The molecule has 0 saturated carbocycles. The number of ketones is 1. The highest BCUT2D eigenvalue weighted by molar-refractivity contribution is 6.10. The van der Waals surface area contributed by atoms with Gasteiger partial charge in [-0.15, -0.1) is 0 Å². The van der Waals surface area contributed by atoms with E-state index in [1.165, 1.54) is 36.4 Å². The number of phenolic OH excluding ortho intramolecular Hbond substituents is 3. The van der Waals surface area contributed by atoms with Gasteiger partial charge >= 0.3 is 0 Å². The van der Waals surface area contributed by atoms with Crippen LogP contribution in [0.5, 0.6) is 28.7 Å². The second-order valence-electron chi connectivity index (χ2n) is 6.69. The number of allylic oxidation sites excluding steroid dienone is 1. The Morgan fingerprint density at radius 3 is 2.17 bits per heavy atom. The van der Waals surface area contributed by atoms with Crippen LogP contribution in [0.4, 0.5) is 4.39 Å². The van der Waals surface area contributed by atoms with Crippen LogP contribution in [0.1, 0.15) is 34.8 Å². The fraction of sp³-hybridized carbons (Fsp3) is 0.125. The molecule has 0 aliphatic carbocycles. The van der Waals surface area contributed by atoms with Crippen molar-refractivity contribution in [2.75, 3.05) is 0 Å². The Bertz CT molecular complexity index is 1070. The van der Waals surface area contributed by atoms with Crippen molar-refractivity contribution in [3.8, 4) is 28.7 Å². The maximum absolute atomic E-state index is 12.9. The maximum atomic E-state index is 12.9. The topological polar surface area (TPSA) is 87.0 Å². The van der Waals surface area contributed by atoms with E-state index in [9.17, 15) is 24.5 Å². The largest absolute Gasteiger partial charge is 0.507 e. The van der Waals surface area contributed by atoms with Crippen LogP contribution in [0.3, 0.4) is 0 Å². The van der Waals surface area contributed by atoms with E-state index in [1.807, 2.05) is 6.92 Å². The third-order valence-electron chi connectivity index (χ3n) is 4.46.